The number of hydrogen-bond donors (Lipinski definition) is 2. The normalized spacial score (nSPS) is 19.3. The number of benzene rings is 1. The van der Waals surface area contributed by atoms with Crippen molar-refractivity contribution in [1.29, 1.82) is 0 Å². The van der Waals surface area contributed by atoms with Gasteiger partial charge in [-0.25, -0.2) is 0 Å². The SMILES string of the molecule is O=C(CC1C=CCC1)NC(CO)Cc1ccccc1. The minimum Gasteiger partial charge on any atom is -0.394 e. The van der Waals surface area contributed by atoms with Crippen LogP contribution in [-0.4, -0.2) is 23.7 Å². The molecule has 2 N–H and O–H groups in total. The first-order valence-corrected chi connectivity index (χ1v) is 6.88. The molecule has 0 radical (unpaired) electrons. The lowest BCUT2D eigenvalue weighted by molar-refractivity contribution is -0.122. The lowest BCUT2D eigenvalue weighted by atomic mass is 10.0. The maximum atomic E-state index is 11.9. The van der Waals surface area contributed by atoms with E-state index in [0.29, 0.717) is 18.8 Å². The molecule has 102 valence electrons. The number of hydrogen-bond acceptors (Lipinski definition) is 2. The third-order valence-corrected chi connectivity index (χ3v) is 3.47. The van der Waals surface area contributed by atoms with Gasteiger partial charge in [0, 0.05) is 6.42 Å². The van der Waals surface area contributed by atoms with Crippen LogP contribution in [0.4, 0.5) is 0 Å². The summed E-state index contributed by atoms with van der Waals surface area (Å²) in [4.78, 5) is 11.9. The average Bonchev–Trinajstić information content (AvgIpc) is 2.92. The van der Waals surface area contributed by atoms with E-state index in [9.17, 15) is 9.90 Å². The second-order valence-electron chi connectivity index (χ2n) is 5.11. The Hall–Kier alpha value is -1.61. The third kappa shape index (κ3) is 4.52. The molecule has 0 aliphatic heterocycles. The summed E-state index contributed by atoms with van der Waals surface area (Å²) in [5.41, 5.74) is 1.13. The molecule has 19 heavy (non-hydrogen) atoms. The molecule has 2 rings (SSSR count). The van der Waals surface area contributed by atoms with E-state index >= 15 is 0 Å². The maximum absolute atomic E-state index is 11.9. The number of aliphatic hydroxyl groups is 1. The smallest absolute Gasteiger partial charge is 0.220 e. The Morgan fingerprint density at radius 3 is 2.79 bits per heavy atom. The van der Waals surface area contributed by atoms with Crippen molar-refractivity contribution in [2.75, 3.05) is 6.61 Å². The van der Waals surface area contributed by atoms with E-state index in [2.05, 4.69) is 17.5 Å². The molecule has 0 bridgehead atoms. The Bertz CT molecular complexity index is 428. The Morgan fingerprint density at radius 1 is 1.37 bits per heavy atom. The first-order valence-electron chi connectivity index (χ1n) is 6.88. The van der Waals surface area contributed by atoms with Crippen molar-refractivity contribution < 1.29 is 9.90 Å². The number of allylic oxidation sites excluding steroid dienone is 2. The average molecular weight is 259 g/mol. The standard InChI is InChI=1S/C16H21NO2/c18-12-15(10-13-6-2-1-3-7-13)17-16(19)11-14-8-4-5-9-14/h1-4,6-8,14-15,18H,5,9-12H2,(H,17,19). The summed E-state index contributed by atoms with van der Waals surface area (Å²) in [5.74, 6) is 0.405. The van der Waals surface area contributed by atoms with Gasteiger partial charge in [-0.1, -0.05) is 42.5 Å². The molecule has 0 saturated carbocycles. The predicted molar refractivity (Wildman–Crippen MR) is 75.6 cm³/mol. The Balaban J connectivity index is 1.81. The molecule has 1 aromatic carbocycles. The minimum atomic E-state index is -0.194. The summed E-state index contributed by atoms with van der Waals surface area (Å²) in [7, 11) is 0. The van der Waals surface area contributed by atoms with Gasteiger partial charge in [-0.15, -0.1) is 0 Å². The lowest BCUT2D eigenvalue weighted by Gasteiger charge is -2.17. The summed E-state index contributed by atoms with van der Waals surface area (Å²) in [6, 6.07) is 9.72. The number of carbonyl (C=O) groups excluding carboxylic acids is 1. The molecular formula is C16H21NO2. The van der Waals surface area contributed by atoms with Crippen LogP contribution in [0.3, 0.4) is 0 Å². The quantitative estimate of drug-likeness (QED) is 0.768. The number of amides is 1. The first kappa shape index (κ1) is 13.8. The van der Waals surface area contributed by atoms with Gasteiger partial charge in [0.2, 0.25) is 5.91 Å². The zero-order valence-electron chi connectivity index (χ0n) is 11.1. The second kappa shape index (κ2) is 7.10. The highest BCUT2D eigenvalue weighted by Crippen LogP contribution is 2.20. The molecule has 1 amide bonds. The van der Waals surface area contributed by atoms with Crippen LogP contribution in [0.1, 0.15) is 24.8 Å². The summed E-state index contributed by atoms with van der Waals surface area (Å²) < 4.78 is 0. The number of nitrogens with one attached hydrogen (secondary N) is 1. The molecule has 1 aliphatic rings. The number of carbonyl (C=O) groups is 1. The van der Waals surface area contributed by atoms with Crippen LogP contribution in [0.15, 0.2) is 42.5 Å². The van der Waals surface area contributed by atoms with E-state index in [1.807, 2.05) is 30.3 Å². The predicted octanol–water partition coefficient (Wildman–Crippen LogP) is 2.06. The molecule has 0 aromatic heterocycles. The monoisotopic (exact) mass is 259 g/mol. The van der Waals surface area contributed by atoms with E-state index in [1.165, 1.54) is 0 Å². The van der Waals surface area contributed by atoms with Crippen molar-refractivity contribution in [3.63, 3.8) is 0 Å². The van der Waals surface area contributed by atoms with Gasteiger partial charge < -0.3 is 10.4 Å². The van der Waals surface area contributed by atoms with Gasteiger partial charge in [-0.05, 0) is 30.7 Å². The van der Waals surface area contributed by atoms with Crippen molar-refractivity contribution in [1.82, 2.24) is 5.32 Å². The molecule has 2 unspecified atom stereocenters. The second-order valence-corrected chi connectivity index (χ2v) is 5.11. The molecule has 1 aromatic rings. The van der Waals surface area contributed by atoms with Crippen molar-refractivity contribution >= 4 is 5.91 Å². The fourth-order valence-electron chi connectivity index (χ4n) is 2.45. The molecule has 0 fully saturated rings. The van der Waals surface area contributed by atoms with E-state index in [4.69, 9.17) is 0 Å². The molecular weight excluding hydrogens is 238 g/mol. The molecule has 3 heteroatoms. The van der Waals surface area contributed by atoms with Crippen LogP contribution in [-0.2, 0) is 11.2 Å². The van der Waals surface area contributed by atoms with Crippen LogP contribution >= 0.6 is 0 Å². The van der Waals surface area contributed by atoms with Crippen molar-refractivity contribution in [3.05, 3.63) is 48.0 Å². The van der Waals surface area contributed by atoms with Gasteiger partial charge in [-0.3, -0.25) is 4.79 Å². The third-order valence-electron chi connectivity index (χ3n) is 3.47. The van der Waals surface area contributed by atoms with E-state index in [0.717, 1.165) is 18.4 Å². The number of aliphatic hydroxyl groups excluding tert-OH is 1. The van der Waals surface area contributed by atoms with Crippen LogP contribution in [0.25, 0.3) is 0 Å². The van der Waals surface area contributed by atoms with Gasteiger partial charge in [-0.2, -0.15) is 0 Å². The summed E-state index contributed by atoms with van der Waals surface area (Å²) in [5, 5.41) is 12.3. The van der Waals surface area contributed by atoms with Gasteiger partial charge in [0.05, 0.1) is 12.6 Å². The highest BCUT2D eigenvalue weighted by molar-refractivity contribution is 5.76. The maximum Gasteiger partial charge on any atom is 0.220 e. The summed E-state index contributed by atoms with van der Waals surface area (Å²) in [6.45, 7) is -0.0266. The lowest BCUT2D eigenvalue weighted by Crippen LogP contribution is -2.39. The zero-order chi connectivity index (χ0) is 13.5. The van der Waals surface area contributed by atoms with Gasteiger partial charge in [0.25, 0.3) is 0 Å². The van der Waals surface area contributed by atoms with Gasteiger partial charge in [0.15, 0.2) is 0 Å². The van der Waals surface area contributed by atoms with Crippen molar-refractivity contribution in [3.8, 4) is 0 Å². The molecule has 0 heterocycles. The number of rotatable bonds is 6. The van der Waals surface area contributed by atoms with E-state index < -0.39 is 0 Å². The zero-order valence-corrected chi connectivity index (χ0v) is 11.1. The summed E-state index contributed by atoms with van der Waals surface area (Å²) in [6.07, 6.45) is 7.59. The Labute approximate surface area is 114 Å². The van der Waals surface area contributed by atoms with E-state index in [-0.39, 0.29) is 18.6 Å². The fourth-order valence-corrected chi connectivity index (χ4v) is 2.45. The molecule has 0 saturated heterocycles. The highest BCUT2D eigenvalue weighted by atomic mass is 16.3. The van der Waals surface area contributed by atoms with Gasteiger partial charge >= 0.3 is 0 Å². The van der Waals surface area contributed by atoms with Crippen LogP contribution in [0.2, 0.25) is 0 Å². The molecule has 0 spiro atoms. The Kier molecular flexibility index (Phi) is 5.16. The summed E-state index contributed by atoms with van der Waals surface area (Å²) >= 11 is 0. The van der Waals surface area contributed by atoms with Crippen molar-refractivity contribution in [2.45, 2.75) is 31.7 Å². The molecule has 3 nitrogen and oxygen atoms in total. The van der Waals surface area contributed by atoms with E-state index in [1.54, 1.807) is 0 Å². The molecule has 2 atom stereocenters. The van der Waals surface area contributed by atoms with Crippen LogP contribution in [0.5, 0.6) is 0 Å². The van der Waals surface area contributed by atoms with Gasteiger partial charge in [0.1, 0.15) is 0 Å². The van der Waals surface area contributed by atoms with Crippen LogP contribution < -0.4 is 5.32 Å². The molecule has 1 aliphatic carbocycles. The Morgan fingerprint density at radius 2 is 2.16 bits per heavy atom. The fraction of sp³-hybridized carbons (Fsp3) is 0.438. The highest BCUT2D eigenvalue weighted by Gasteiger charge is 2.17. The minimum absolute atomic E-state index is 0.0266. The van der Waals surface area contributed by atoms with Crippen LogP contribution in [0, 0.1) is 5.92 Å². The largest absolute Gasteiger partial charge is 0.394 e. The topological polar surface area (TPSA) is 49.3 Å². The van der Waals surface area contributed by atoms with Crippen molar-refractivity contribution in [2.24, 2.45) is 5.92 Å². The first-order chi connectivity index (χ1) is 9.28.